The zero-order valence-corrected chi connectivity index (χ0v) is 16.1. The van der Waals surface area contributed by atoms with Gasteiger partial charge in [-0.05, 0) is 55.4 Å². The van der Waals surface area contributed by atoms with Crippen molar-refractivity contribution in [3.63, 3.8) is 0 Å². The van der Waals surface area contributed by atoms with E-state index >= 15 is 0 Å². The highest BCUT2D eigenvalue weighted by Gasteiger charge is 2.28. The average molecular weight is 401 g/mol. The van der Waals surface area contributed by atoms with E-state index in [2.05, 4.69) is 16.5 Å². The van der Waals surface area contributed by atoms with Crippen molar-refractivity contribution in [3.8, 4) is 0 Å². The minimum absolute atomic E-state index is 0.0965. The van der Waals surface area contributed by atoms with Crippen LogP contribution in [0.25, 0.3) is 0 Å². The molecular formula is C18H22F2N2O2S2. The molecule has 0 aliphatic carbocycles. The van der Waals surface area contributed by atoms with Crippen LogP contribution >= 0.6 is 11.3 Å². The highest BCUT2D eigenvalue weighted by molar-refractivity contribution is 7.89. The van der Waals surface area contributed by atoms with Gasteiger partial charge in [-0.15, -0.1) is 11.3 Å². The summed E-state index contributed by atoms with van der Waals surface area (Å²) in [4.78, 5) is 2.81. The van der Waals surface area contributed by atoms with Gasteiger partial charge in [-0.25, -0.2) is 21.9 Å². The number of rotatable bonds is 6. The number of hydrogen-bond acceptors (Lipinski definition) is 4. The number of likely N-dealkylation sites (tertiary alicyclic amines) is 1. The van der Waals surface area contributed by atoms with Crippen LogP contribution in [0.2, 0.25) is 0 Å². The first-order valence-electron chi connectivity index (χ1n) is 8.59. The van der Waals surface area contributed by atoms with Gasteiger partial charge in [-0.1, -0.05) is 13.0 Å². The average Bonchev–Trinajstić information content (AvgIpc) is 3.10. The Morgan fingerprint density at radius 1 is 1.27 bits per heavy atom. The van der Waals surface area contributed by atoms with Gasteiger partial charge >= 0.3 is 0 Å². The van der Waals surface area contributed by atoms with Crippen molar-refractivity contribution in [2.45, 2.75) is 30.7 Å². The third-order valence-corrected chi connectivity index (χ3v) is 7.21. The molecule has 1 aromatic heterocycles. The van der Waals surface area contributed by atoms with Crippen LogP contribution in [-0.4, -0.2) is 33.0 Å². The molecule has 1 atom stereocenters. The largest absolute Gasteiger partial charge is 0.294 e. The van der Waals surface area contributed by atoms with Gasteiger partial charge in [0.25, 0.3) is 0 Å². The summed E-state index contributed by atoms with van der Waals surface area (Å²) < 4.78 is 54.4. The van der Waals surface area contributed by atoms with Gasteiger partial charge < -0.3 is 0 Å². The third kappa shape index (κ3) is 4.49. The molecule has 2 aromatic rings. The van der Waals surface area contributed by atoms with E-state index in [0.29, 0.717) is 12.0 Å². The van der Waals surface area contributed by atoms with Crippen LogP contribution < -0.4 is 4.72 Å². The number of nitrogens with one attached hydrogen (secondary N) is 1. The fraction of sp³-hybridized carbons (Fsp3) is 0.444. The summed E-state index contributed by atoms with van der Waals surface area (Å²) in [5.74, 6) is -1.22. The molecular weight excluding hydrogens is 378 g/mol. The Labute approximate surface area is 156 Å². The van der Waals surface area contributed by atoms with E-state index in [1.807, 2.05) is 17.5 Å². The molecule has 4 nitrogen and oxygen atoms in total. The molecule has 1 saturated heterocycles. The molecule has 3 rings (SSSR count). The van der Waals surface area contributed by atoms with Crippen molar-refractivity contribution in [3.05, 3.63) is 52.2 Å². The number of thiophene rings is 1. The maximum atomic E-state index is 13.9. The van der Waals surface area contributed by atoms with Crippen molar-refractivity contribution in [1.29, 1.82) is 0 Å². The van der Waals surface area contributed by atoms with Crippen LogP contribution in [0.1, 0.15) is 30.7 Å². The lowest BCUT2D eigenvalue weighted by Crippen LogP contribution is -2.41. The Morgan fingerprint density at radius 3 is 2.62 bits per heavy atom. The van der Waals surface area contributed by atoms with Gasteiger partial charge in [0.15, 0.2) is 0 Å². The maximum absolute atomic E-state index is 13.9. The molecule has 142 valence electrons. The Hall–Kier alpha value is -1.35. The first-order chi connectivity index (χ1) is 12.4. The molecule has 1 N–H and O–H groups in total. The zero-order valence-electron chi connectivity index (χ0n) is 14.5. The molecule has 8 heteroatoms. The maximum Gasteiger partial charge on any atom is 0.243 e. The number of piperidine rings is 1. The molecule has 0 saturated carbocycles. The molecule has 0 radical (unpaired) electrons. The first-order valence-corrected chi connectivity index (χ1v) is 11.0. The highest BCUT2D eigenvalue weighted by Crippen LogP contribution is 2.29. The summed E-state index contributed by atoms with van der Waals surface area (Å²) in [5, 5.41) is 1.96. The van der Waals surface area contributed by atoms with Gasteiger partial charge in [0.2, 0.25) is 10.0 Å². The first kappa shape index (κ1) is 19.4. The molecule has 0 amide bonds. The van der Waals surface area contributed by atoms with Crippen LogP contribution in [0.5, 0.6) is 0 Å². The topological polar surface area (TPSA) is 49.4 Å². The lowest BCUT2D eigenvalue weighted by atomic mass is 9.97. The Kier molecular flexibility index (Phi) is 6.06. The van der Waals surface area contributed by atoms with E-state index in [1.165, 1.54) is 0 Å². The lowest BCUT2D eigenvalue weighted by Gasteiger charge is -2.36. The minimum atomic E-state index is -4.06. The number of nitrogens with zero attached hydrogens (tertiary/aromatic N) is 1. The van der Waals surface area contributed by atoms with Gasteiger partial charge in [0.05, 0.1) is 6.04 Å². The molecule has 0 spiro atoms. The van der Waals surface area contributed by atoms with Crippen molar-refractivity contribution >= 4 is 21.4 Å². The predicted octanol–water partition coefficient (Wildman–Crippen LogP) is 3.78. The fourth-order valence-corrected chi connectivity index (χ4v) is 5.15. The molecule has 1 aromatic carbocycles. The van der Waals surface area contributed by atoms with E-state index < -0.39 is 26.6 Å². The van der Waals surface area contributed by atoms with Crippen molar-refractivity contribution in [2.24, 2.45) is 5.92 Å². The monoisotopic (exact) mass is 400 g/mol. The van der Waals surface area contributed by atoms with E-state index in [4.69, 9.17) is 0 Å². The fourth-order valence-electron chi connectivity index (χ4n) is 3.19. The second-order valence-electron chi connectivity index (χ2n) is 6.68. The third-order valence-electron chi connectivity index (χ3n) is 4.78. The minimum Gasteiger partial charge on any atom is -0.294 e. The van der Waals surface area contributed by atoms with E-state index in [-0.39, 0.29) is 12.6 Å². The molecule has 1 aliphatic rings. The normalized spacial score (nSPS) is 18.1. The standard InChI is InChI=1S/C18H22F2N2O2S2/c1-13-6-8-22(9-7-13)16(17-3-2-10-25-17)12-21-26(23,24)18-5-4-14(19)11-15(18)20/h2-5,10-11,13,16,21H,6-9,12H2,1H3/t16-/m1/s1. The van der Waals surface area contributed by atoms with Crippen LogP contribution in [-0.2, 0) is 10.0 Å². The summed E-state index contributed by atoms with van der Waals surface area (Å²) in [6, 6.07) is 6.31. The highest BCUT2D eigenvalue weighted by atomic mass is 32.2. The SMILES string of the molecule is CC1CCN([C@H](CNS(=O)(=O)c2ccc(F)cc2F)c2cccs2)CC1. The molecule has 0 unspecified atom stereocenters. The second kappa shape index (κ2) is 8.12. The summed E-state index contributed by atoms with van der Waals surface area (Å²) in [7, 11) is -4.06. The lowest BCUT2D eigenvalue weighted by molar-refractivity contribution is 0.141. The smallest absolute Gasteiger partial charge is 0.243 e. The predicted molar refractivity (Wildman–Crippen MR) is 98.6 cm³/mol. The van der Waals surface area contributed by atoms with Crippen molar-refractivity contribution in [1.82, 2.24) is 9.62 Å². The summed E-state index contributed by atoms with van der Waals surface area (Å²) in [6.07, 6.45) is 2.14. The Bertz CT molecular complexity index is 833. The van der Waals surface area contributed by atoms with E-state index in [9.17, 15) is 17.2 Å². The Balaban J connectivity index is 1.77. The summed E-state index contributed by atoms with van der Waals surface area (Å²) >= 11 is 1.58. The molecule has 1 fully saturated rings. The van der Waals surface area contributed by atoms with Crippen molar-refractivity contribution in [2.75, 3.05) is 19.6 Å². The number of benzene rings is 1. The molecule has 0 bridgehead atoms. The molecule has 26 heavy (non-hydrogen) atoms. The molecule has 2 heterocycles. The zero-order chi connectivity index (χ0) is 18.7. The van der Waals surface area contributed by atoms with Crippen molar-refractivity contribution < 1.29 is 17.2 Å². The van der Waals surface area contributed by atoms with Gasteiger partial charge in [0, 0.05) is 17.5 Å². The Morgan fingerprint density at radius 2 is 2.00 bits per heavy atom. The van der Waals surface area contributed by atoms with E-state index in [1.54, 1.807) is 11.3 Å². The van der Waals surface area contributed by atoms with Crippen LogP contribution in [0.4, 0.5) is 8.78 Å². The van der Waals surface area contributed by atoms with Gasteiger partial charge in [0.1, 0.15) is 16.5 Å². The van der Waals surface area contributed by atoms with Crippen LogP contribution in [0.15, 0.2) is 40.6 Å². The van der Waals surface area contributed by atoms with E-state index in [0.717, 1.165) is 42.9 Å². The van der Waals surface area contributed by atoms with Gasteiger partial charge in [-0.2, -0.15) is 0 Å². The van der Waals surface area contributed by atoms with Crippen LogP contribution in [0, 0.1) is 17.6 Å². The quantitative estimate of drug-likeness (QED) is 0.803. The number of sulfonamides is 1. The number of halogens is 2. The second-order valence-corrected chi connectivity index (χ2v) is 9.39. The summed E-state index contributed by atoms with van der Waals surface area (Å²) in [5.41, 5.74) is 0. The van der Waals surface area contributed by atoms with Gasteiger partial charge in [-0.3, -0.25) is 4.90 Å². The summed E-state index contributed by atoms with van der Waals surface area (Å²) in [6.45, 7) is 4.16. The molecule has 1 aliphatic heterocycles. The van der Waals surface area contributed by atoms with Crippen LogP contribution in [0.3, 0.4) is 0 Å². The number of hydrogen-bond donors (Lipinski definition) is 1.